The molecule has 4 nitrogen and oxygen atoms in total. The summed E-state index contributed by atoms with van der Waals surface area (Å²) >= 11 is 0. The van der Waals surface area contributed by atoms with E-state index < -0.39 is 9.84 Å². The van der Waals surface area contributed by atoms with E-state index >= 15 is 0 Å². The maximum absolute atomic E-state index is 11.5. The van der Waals surface area contributed by atoms with Crippen LogP contribution in [0.3, 0.4) is 0 Å². The Bertz CT molecular complexity index is 766. The second-order valence-corrected chi connectivity index (χ2v) is 6.99. The highest BCUT2D eigenvalue weighted by atomic mass is 32.2. The predicted octanol–water partition coefficient (Wildman–Crippen LogP) is 2.46. The number of hydrogen-bond donors (Lipinski definition) is 1. The van der Waals surface area contributed by atoms with E-state index in [0.29, 0.717) is 4.90 Å². The van der Waals surface area contributed by atoms with Crippen LogP contribution in [-0.2, 0) is 9.84 Å². The van der Waals surface area contributed by atoms with Crippen LogP contribution in [0.5, 0.6) is 0 Å². The summed E-state index contributed by atoms with van der Waals surface area (Å²) in [6, 6.07) is 17.0. The largest absolute Gasteiger partial charge is 0.298 e. The molecule has 0 bridgehead atoms. The van der Waals surface area contributed by atoms with Gasteiger partial charge in [0.25, 0.3) is 0 Å². The molecule has 3 rings (SSSR count). The molecule has 1 heterocycles. The molecular formula is C16H16N2O2S. The van der Waals surface area contributed by atoms with Gasteiger partial charge in [0.05, 0.1) is 22.8 Å². The molecule has 2 aromatic carbocycles. The van der Waals surface area contributed by atoms with Crippen molar-refractivity contribution in [1.29, 1.82) is 0 Å². The molecule has 1 aliphatic rings. The third kappa shape index (κ3) is 2.92. The van der Waals surface area contributed by atoms with E-state index in [1.54, 1.807) is 12.1 Å². The van der Waals surface area contributed by atoms with Gasteiger partial charge in [-0.05, 0) is 35.9 Å². The van der Waals surface area contributed by atoms with Gasteiger partial charge in [-0.3, -0.25) is 10.4 Å². The van der Waals surface area contributed by atoms with Crippen molar-refractivity contribution in [2.45, 2.75) is 4.90 Å². The van der Waals surface area contributed by atoms with Gasteiger partial charge in [0, 0.05) is 6.26 Å². The molecule has 0 unspecified atom stereocenters. The number of benzene rings is 2. The van der Waals surface area contributed by atoms with Crippen molar-refractivity contribution in [3.63, 3.8) is 0 Å². The molecule has 0 aliphatic carbocycles. The molecule has 0 saturated carbocycles. The van der Waals surface area contributed by atoms with Crippen LogP contribution in [0.25, 0.3) is 5.70 Å². The third-order valence-electron chi connectivity index (χ3n) is 3.39. The van der Waals surface area contributed by atoms with Gasteiger partial charge in [-0.15, -0.1) is 0 Å². The van der Waals surface area contributed by atoms with E-state index in [2.05, 4.69) is 23.6 Å². The molecule has 0 saturated heterocycles. The minimum atomic E-state index is -3.15. The Morgan fingerprint density at radius 3 is 2.29 bits per heavy atom. The minimum Gasteiger partial charge on any atom is -0.298 e. The summed E-state index contributed by atoms with van der Waals surface area (Å²) < 4.78 is 22.9. The lowest BCUT2D eigenvalue weighted by Gasteiger charge is -2.20. The Morgan fingerprint density at radius 2 is 1.67 bits per heavy atom. The number of sulfone groups is 1. The lowest BCUT2D eigenvalue weighted by Crippen LogP contribution is -2.31. The Hall–Kier alpha value is -2.27. The molecule has 0 fully saturated rings. The Morgan fingerprint density at radius 1 is 1.00 bits per heavy atom. The molecule has 0 spiro atoms. The third-order valence-corrected chi connectivity index (χ3v) is 4.52. The number of nitrogens with one attached hydrogen (secondary N) is 1. The SMILES string of the molecule is CS(=O)(=O)c1ccc(N2CC=C(c3ccccc3)N2)cc1. The van der Waals surface area contributed by atoms with Crippen LogP contribution in [0.4, 0.5) is 5.69 Å². The highest BCUT2D eigenvalue weighted by molar-refractivity contribution is 7.90. The molecule has 0 amide bonds. The van der Waals surface area contributed by atoms with Crippen LogP contribution in [0, 0.1) is 0 Å². The van der Waals surface area contributed by atoms with Crippen molar-refractivity contribution in [2.24, 2.45) is 0 Å². The van der Waals surface area contributed by atoms with Crippen molar-refractivity contribution in [3.8, 4) is 0 Å². The van der Waals surface area contributed by atoms with E-state index in [4.69, 9.17) is 0 Å². The fourth-order valence-electron chi connectivity index (χ4n) is 2.26. The maximum Gasteiger partial charge on any atom is 0.175 e. The number of hydrazine groups is 1. The van der Waals surface area contributed by atoms with Crippen molar-refractivity contribution in [3.05, 3.63) is 66.2 Å². The first-order valence-corrected chi connectivity index (χ1v) is 8.53. The van der Waals surface area contributed by atoms with Gasteiger partial charge in [-0.25, -0.2) is 8.42 Å². The fourth-order valence-corrected chi connectivity index (χ4v) is 2.89. The van der Waals surface area contributed by atoms with E-state index in [9.17, 15) is 8.42 Å². The Balaban J connectivity index is 1.76. The summed E-state index contributed by atoms with van der Waals surface area (Å²) in [5.74, 6) is 0. The van der Waals surface area contributed by atoms with E-state index in [0.717, 1.165) is 23.5 Å². The molecule has 0 atom stereocenters. The second-order valence-electron chi connectivity index (χ2n) is 4.97. The average Bonchev–Trinajstić information content (AvgIpc) is 2.97. The lowest BCUT2D eigenvalue weighted by atomic mass is 10.2. The van der Waals surface area contributed by atoms with Crippen LogP contribution < -0.4 is 10.4 Å². The minimum absolute atomic E-state index is 0.335. The molecule has 0 radical (unpaired) electrons. The van der Waals surface area contributed by atoms with Crippen molar-refractivity contribution in [2.75, 3.05) is 17.8 Å². The van der Waals surface area contributed by atoms with Gasteiger partial charge in [0.1, 0.15) is 0 Å². The highest BCUT2D eigenvalue weighted by Gasteiger charge is 2.15. The maximum atomic E-state index is 11.5. The predicted molar refractivity (Wildman–Crippen MR) is 84.5 cm³/mol. The zero-order valence-corrected chi connectivity index (χ0v) is 12.5. The molecular weight excluding hydrogens is 284 g/mol. The van der Waals surface area contributed by atoms with Crippen molar-refractivity contribution >= 4 is 21.2 Å². The van der Waals surface area contributed by atoms with Gasteiger partial charge in [-0.1, -0.05) is 30.3 Å². The molecule has 2 aromatic rings. The smallest absolute Gasteiger partial charge is 0.175 e. The monoisotopic (exact) mass is 300 g/mol. The molecule has 1 N–H and O–H groups in total. The van der Waals surface area contributed by atoms with Gasteiger partial charge < -0.3 is 0 Å². The van der Waals surface area contributed by atoms with Gasteiger partial charge in [-0.2, -0.15) is 0 Å². The number of rotatable bonds is 3. The number of hydrogen-bond acceptors (Lipinski definition) is 4. The van der Waals surface area contributed by atoms with Crippen LogP contribution in [-0.4, -0.2) is 21.2 Å². The van der Waals surface area contributed by atoms with Gasteiger partial charge in [0.15, 0.2) is 9.84 Å². The summed E-state index contributed by atoms with van der Waals surface area (Å²) in [4.78, 5) is 0.335. The molecule has 21 heavy (non-hydrogen) atoms. The Labute approximate surface area is 124 Å². The van der Waals surface area contributed by atoms with E-state index in [-0.39, 0.29) is 0 Å². The van der Waals surface area contributed by atoms with Crippen LogP contribution in [0.2, 0.25) is 0 Å². The first-order valence-electron chi connectivity index (χ1n) is 6.64. The molecule has 5 heteroatoms. The van der Waals surface area contributed by atoms with Crippen molar-refractivity contribution < 1.29 is 8.42 Å². The van der Waals surface area contributed by atoms with Crippen molar-refractivity contribution in [1.82, 2.24) is 5.43 Å². The summed E-state index contributed by atoms with van der Waals surface area (Å²) in [6.07, 6.45) is 3.32. The summed E-state index contributed by atoms with van der Waals surface area (Å²) in [6.45, 7) is 0.739. The van der Waals surface area contributed by atoms with E-state index in [1.165, 1.54) is 6.26 Å². The van der Waals surface area contributed by atoms with Crippen LogP contribution in [0.1, 0.15) is 5.56 Å². The molecule has 1 aliphatic heterocycles. The first-order chi connectivity index (χ1) is 10.0. The quantitative estimate of drug-likeness (QED) is 0.946. The zero-order chi connectivity index (χ0) is 14.9. The summed E-state index contributed by atoms with van der Waals surface area (Å²) in [5, 5.41) is 1.98. The van der Waals surface area contributed by atoms with Gasteiger partial charge >= 0.3 is 0 Å². The average molecular weight is 300 g/mol. The molecule has 0 aromatic heterocycles. The number of nitrogens with zero attached hydrogens (tertiary/aromatic N) is 1. The Kier molecular flexibility index (Phi) is 3.43. The second kappa shape index (κ2) is 5.26. The highest BCUT2D eigenvalue weighted by Crippen LogP contribution is 2.22. The van der Waals surface area contributed by atoms with E-state index in [1.807, 2.05) is 35.3 Å². The topological polar surface area (TPSA) is 49.4 Å². The fraction of sp³-hybridized carbons (Fsp3) is 0.125. The van der Waals surface area contributed by atoms with Crippen LogP contribution in [0.15, 0.2) is 65.6 Å². The number of anilines is 1. The standard InChI is InChI=1S/C16H16N2O2S/c1-21(19,20)15-9-7-14(8-10-15)18-12-11-16(17-18)13-5-3-2-4-6-13/h2-11,17H,12H2,1H3. The zero-order valence-electron chi connectivity index (χ0n) is 11.7. The normalized spacial score (nSPS) is 14.7. The lowest BCUT2D eigenvalue weighted by molar-refractivity contribution is 0.602. The molecule has 108 valence electrons. The van der Waals surface area contributed by atoms with Gasteiger partial charge in [0.2, 0.25) is 0 Å². The first kappa shape index (κ1) is 13.7. The van der Waals surface area contributed by atoms with Crippen LogP contribution >= 0.6 is 0 Å². The summed E-state index contributed by atoms with van der Waals surface area (Å²) in [7, 11) is -3.15. The summed E-state index contributed by atoms with van der Waals surface area (Å²) in [5.41, 5.74) is 6.45.